The van der Waals surface area contributed by atoms with E-state index in [4.69, 9.17) is 0 Å². The maximum atomic E-state index is 12.7. The molecule has 104 valence electrons. The SMILES string of the molecule is CC(C)(C)c1cc(C2CC2)cn(-c2cccnc2)c1=O. The predicted octanol–water partition coefficient (Wildman–Crippen LogP) is 3.41. The van der Waals surface area contributed by atoms with Crippen LogP contribution in [0.1, 0.15) is 50.7 Å². The molecule has 0 N–H and O–H groups in total. The van der Waals surface area contributed by atoms with Crippen LogP contribution in [0.3, 0.4) is 0 Å². The zero-order valence-electron chi connectivity index (χ0n) is 12.3. The normalized spacial score (nSPS) is 15.3. The molecule has 0 spiro atoms. The average Bonchev–Trinajstić information content (AvgIpc) is 3.23. The van der Waals surface area contributed by atoms with Crippen LogP contribution in [0.4, 0.5) is 0 Å². The van der Waals surface area contributed by atoms with E-state index in [1.54, 1.807) is 17.0 Å². The molecule has 20 heavy (non-hydrogen) atoms. The Balaban J connectivity index is 2.23. The highest BCUT2D eigenvalue weighted by Gasteiger charge is 2.28. The molecule has 1 aliphatic rings. The highest BCUT2D eigenvalue weighted by molar-refractivity contribution is 5.36. The summed E-state index contributed by atoms with van der Waals surface area (Å²) in [7, 11) is 0. The molecule has 2 aromatic heterocycles. The van der Waals surface area contributed by atoms with Crippen LogP contribution in [0.15, 0.2) is 41.6 Å². The maximum absolute atomic E-state index is 12.7. The van der Waals surface area contributed by atoms with Crippen LogP contribution in [-0.2, 0) is 5.41 Å². The lowest BCUT2D eigenvalue weighted by molar-refractivity contribution is 0.576. The maximum Gasteiger partial charge on any atom is 0.258 e. The Morgan fingerprint density at radius 2 is 2.05 bits per heavy atom. The van der Waals surface area contributed by atoms with Gasteiger partial charge in [0.25, 0.3) is 5.56 Å². The van der Waals surface area contributed by atoms with E-state index in [9.17, 15) is 4.79 Å². The predicted molar refractivity (Wildman–Crippen MR) is 80.5 cm³/mol. The first-order chi connectivity index (χ1) is 9.47. The van der Waals surface area contributed by atoms with Crippen molar-refractivity contribution < 1.29 is 0 Å². The van der Waals surface area contributed by atoms with Gasteiger partial charge in [0.05, 0.1) is 11.9 Å². The van der Waals surface area contributed by atoms with E-state index < -0.39 is 0 Å². The monoisotopic (exact) mass is 268 g/mol. The molecule has 0 unspecified atom stereocenters. The molecule has 1 saturated carbocycles. The molecule has 0 aromatic carbocycles. The van der Waals surface area contributed by atoms with E-state index in [-0.39, 0.29) is 11.0 Å². The first-order valence-electron chi connectivity index (χ1n) is 7.14. The molecule has 1 aliphatic carbocycles. The summed E-state index contributed by atoms with van der Waals surface area (Å²) in [6.45, 7) is 6.27. The van der Waals surface area contributed by atoms with Crippen molar-refractivity contribution >= 4 is 0 Å². The average molecular weight is 268 g/mol. The lowest BCUT2D eigenvalue weighted by atomic mass is 9.87. The van der Waals surface area contributed by atoms with E-state index >= 15 is 0 Å². The van der Waals surface area contributed by atoms with Gasteiger partial charge in [-0.2, -0.15) is 0 Å². The van der Waals surface area contributed by atoms with Crippen molar-refractivity contribution in [2.75, 3.05) is 0 Å². The largest absolute Gasteiger partial charge is 0.282 e. The summed E-state index contributed by atoms with van der Waals surface area (Å²) in [5, 5.41) is 0. The number of aromatic nitrogens is 2. The Labute approximate surface area is 119 Å². The van der Waals surface area contributed by atoms with Crippen molar-refractivity contribution in [3.8, 4) is 5.69 Å². The van der Waals surface area contributed by atoms with Crippen molar-refractivity contribution in [3.63, 3.8) is 0 Å². The van der Waals surface area contributed by atoms with Crippen LogP contribution in [0.2, 0.25) is 0 Å². The lowest BCUT2D eigenvalue weighted by Crippen LogP contribution is -2.30. The van der Waals surface area contributed by atoms with E-state index in [1.165, 1.54) is 18.4 Å². The molecule has 3 nitrogen and oxygen atoms in total. The van der Waals surface area contributed by atoms with Crippen LogP contribution in [0, 0.1) is 0 Å². The highest BCUT2D eigenvalue weighted by Crippen LogP contribution is 2.40. The summed E-state index contributed by atoms with van der Waals surface area (Å²) in [4.78, 5) is 16.9. The Kier molecular flexibility index (Phi) is 3.00. The molecule has 3 heteroatoms. The minimum Gasteiger partial charge on any atom is -0.282 e. The van der Waals surface area contributed by atoms with Gasteiger partial charge < -0.3 is 0 Å². The highest BCUT2D eigenvalue weighted by atomic mass is 16.1. The fourth-order valence-corrected chi connectivity index (χ4v) is 2.47. The van der Waals surface area contributed by atoms with E-state index in [0.29, 0.717) is 5.92 Å². The number of pyridine rings is 2. The van der Waals surface area contributed by atoms with Crippen LogP contribution in [0.5, 0.6) is 0 Å². The molecule has 0 aliphatic heterocycles. The number of hydrogen-bond donors (Lipinski definition) is 0. The zero-order valence-corrected chi connectivity index (χ0v) is 12.3. The lowest BCUT2D eigenvalue weighted by Gasteiger charge is -2.21. The molecular weight excluding hydrogens is 248 g/mol. The Hall–Kier alpha value is -1.90. The molecule has 0 bridgehead atoms. The summed E-state index contributed by atoms with van der Waals surface area (Å²) in [5.41, 5.74) is 2.91. The van der Waals surface area contributed by atoms with Gasteiger partial charge in [-0.15, -0.1) is 0 Å². The Morgan fingerprint density at radius 3 is 2.60 bits per heavy atom. The fraction of sp³-hybridized carbons (Fsp3) is 0.412. The number of hydrogen-bond acceptors (Lipinski definition) is 2. The second kappa shape index (κ2) is 4.58. The second-order valence-corrected chi connectivity index (χ2v) is 6.60. The van der Waals surface area contributed by atoms with Crippen molar-refractivity contribution in [2.45, 2.75) is 44.9 Å². The molecule has 2 heterocycles. The third-order valence-corrected chi connectivity index (χ3v) is 3.82. The van der Waals surface area contributed by atoms with Crippen molar-refractivity contribution in [1.82, 2.24) is 9.55 Å². The molecule has 1 fully saturated rings. The summed E-state index contributed by atoms with van der Waals surface area (Å²) in [6.07, 6.45) is 7.92. The van der Waals surface area contributed by atoms with Gasteiger partial charge in [0.1, 0.15) is 0 Å². The summed E-state index contributed by atoms with van der Waals surface area (Å²) in [6, 6.07) is 5.90. The van der Waals surface area contributed by atoms with E-state index in [2.05, 4.69) is 31.8 Å². The van der Waals surface area contributed by atoms with Gasteiger partial charge in [-0.3, -0.25) is 14.3 Å². The topological polar surface area (TPSA) is 34.9 Å². The van der Waals surface area contributed by atoms with Crippen molar-refractivity contribution in [1.29, 1.82) is 0 Å². The molecule has 2 aromatic rings. The molecule has 0 amide bonds. The minimum absolute atomic E-state index is 0.0647. The number of nitrogens with zero attached hydrogens (tertiary/aromatic N) is 2. The molecular formula is C17H20N2O. The van der Waals surface area contributed by atoms with Gasteiger partial charge in [0.15, 0.2) is 0 Å². The van der Waals surface area contributed by atoms with Gasteiger partial charge in [0.2, 0.25) is 0 Å². The fourth-order valence-electron chi connectivity index (χ4n) is 2.47. The minimum atomic E-state index is -0.147. The van der Waals surface area contributed by atoms with E-state index in [1.807, 2.05) is 18.3 Å². The third-order valence-electron chi connectivity index (χ3n) is 3.82. The van der Waals surface area contributed by atoms with E-state index in [0.717, 1.165) is 11.3 Å². The first kappa shape index (κ1) is 13.1. The molecule has 3 rings (SSSR count). The van der Waals surface area contributed by atoms with Gasteiger partial charge in [-0.1, -0.05) is 20.8 Å². The Bertz CT molecular complexity index is 676. The quantitative estimate of drug-likeness (QED) is 0.836. The zero-order chi connectivity index (χ0) is 14.3. The summed E-state index contributed by atoms with van der Waals surface area (Å²) >= 11 is 0. The van der Waals surface area contributed by atoms with Gasteiger partial charge in [0, 0.05) is 18.0 Å². The van der Waals surface area contributed by atoms with Crippen LogP contribution in [-0.4, -0.2) is 9.55 Å². The smallest absolute Gasteiger partial charge is 0.258 e. The number of rotatable bonds is 2. The van der Waals surface area contributed by atoms with Gasteiger partial charge >= 0.3 is 0 Å². The summed E-state index contributed by atoms with van der Waals surface area (Å²) in [5.74, 6) is 0.625. The van der Waals surface area contributed by atoms with Crippen molar-refractivity contribution in [3.05, 3.63) is 58.3 Å². The van der Waals surface area contributed by atoms with Crippen molar-refractivity contribution in [2.24, 2.45) is 0 Å². The van der Waals surface area contributed by atoms with Crippen LogP contribution in [0.25, 0.3) is 5.69 Å². The second-order valence-electron chi connectivity index (χ2n) is 6.60. The molecule has 0 radical (unpaired) electrons. The van der Waals surface area contributed by atoms with Crippen LogP contribution < -0.4 is 5.56 Å². The Morgan fingerprint density at radius 1 is 1.30 bits per heavy atom. The van der Waals surface area contributed by atoms with Crippen LogP contribution >= 0.6 is 0 Å². The third kappa shape index (κ3) is 2.40. The summed E-state index contributed by atoms with van der Waals surface area (Å²) < 4.78 is 1.75. The van der Waals surface area contributed by atoms with Gasteiger partial charge in [-0.25, -0.2) is 0 Å². The standard InChI is InChI=1S/C17H20N2O/c1-17(2,3)15-9-13(12-6-7-12)11-19(16(15)20)14-5-4-8-18-10-14/h4-5,8-12H,6-7H2,1-3H3. The molecule has 0 atom stereocenters. The van der Waals surface area contributed by atoms with Gasteiger partial charge in [-0.05, 0) is 47.9 Å². The molecule has 0 saturated heterocycles. The first-order valence-corrected chi connectivity index (χ1v) is 7.14.